The van der Waals surface area contributed by atoms with E-state index in [-0.39, 0.29) is 23.8 Å². The molecular formula is C15H27NO3. The fourth-order valence-corrected chi connectivity index (χ4v) is 2.89. The summed E-state index contributed by atoms with van der Waals surface area (Å²) in [6, 6.07) is 0.139. The van der Waals surface area contributed by atoms with E-state index in [9.17, 15) is 9.59 Å². The summed E-state index contributed by atoms with van der Waals surface area (Å²) in [7, 11) is 0. The van der Waals surface area contributed by atoms with Crippen molar-refractivity contribution in [3.63, 3.8) is 0 Å². The number of hydrogen-bond donors (Lipinski definition) is 1. The van der Waals surface area contributed by atoms with Crippen molar-refractivity contribution in [2.24, 2.45) is 5.41 Å². The maximum Gasteiger partial charge on any atom is 0.303 e. The number of carboxylic acids is 1. The third-order valence-corrected chi connectivity index (χ3v) is 4.15. The van der Waals surface area contributed by atoms with E-state index in [0.717, 1.165) is 25.7 Å². The highest BCUT2D eigenvalue weighted by Gasteiger charge is 2.38. The van der Waals surface area contributed by atoms with E-state index in [1.807, 2.05) is 18.7 Å². The van der Waals surface area contributed by atoms with E-state index in [2.05, 4.69) is 6.92 Å². The molecule has 0 radical (unpaired) electrons. The summed E-state index contributed by atoms with van der Waals surface area (Å²) < 4.78 is 0. The maximum absolute atomic E-state index is 12.7. The molecule has 1 aliphatic rings. The summed E-state index contributed by atoms with van der Waals surface area (Å²) in [5.74, 6) is -0.576. The van der Waals surface area contributed by atoms with E-state index < -0.39 is 5.97 Å². The molecule has 110 valence electrons. The fraction of sp³-hybridized carbons (Fsp3) is 0.867. The van der Waals surface area contributed by atoms with Crippen LogP contribution in [0.1, 0.15) is 65.7 Å². The molecule has 1 N–H and O–H groups in total. The number of amides is 1. The zero-order valence-corrected chi connectivity index (χ0v) is 12.4. The smallest absolute Gasteiger partial charge is 0.303 e. The van der Waals surface area contributed by atoms with Crippen molar-refractivity contribution in [1.29, 1.82) is 0 Å². The monoisotopic (exact) mass is 269 g/mol. The predicted octanol–water partition coefficient (Wildman–Crippen LogP) is 3.06. The molecule has 1 rings (SSSR count). The van der Waals surface area contributed by atoms with Gasteiger partial charge in [0.25, 0.3) is 0 Å². The maximum atomic E-state index is 12.7. The number of carboxylic acid groups (broad SMARTS) is 1. The van der Waals surface area contributed by atoms with Gasteiger partial charge in [-0.1, -0.05) is 26.2 Å². The van der Waals surface area contributed by atoms with Crippen molar-refractivity contribution in [2.45, 2.75) is 71.8 Å². The molecule has 0 spiro atoms. The van der Waals surface area contributed by atoms with E-state index in [1.54, 1.807) is 0 Å². The molecule has 0 aromatic rings. The first-order valence-corrected chi connectivity index (χ1v) is 7.40. The molecule has 4 heteroatoms. The Kier molecular flexibility index (Phi) is 5.83. The zero-order chi connectivity index (χ0) is 14.5. The number of carbonyl (C=O) groups excluding carboxylic acids is 1. The number of aliphatic carboxylic acids is 1. The number of rotatable bonds is 6. The van der Waals surface area contributed by atoms with Crippen LogP contribution in [0.5, 0.6) is 0 Å². The molecule has 0 unspecified atom stereocenters. The highest BCUT2D eigenvalue weighted by Crippen LogP contribution is 2.37. The summed E-state index contributed by atoms with van der Waals surface area (Å²) in [5, 5.41) is 8.70. The summed E-state index contributed by atoms with van der Waals surface area (Å²) >= 11 is 0. The van der Waals surface area contributed by atoms with Gasteiger partial charge in [0, 0.05) is 24.4 Å². The molecule has 1 amide bonds. The molecule has 1 fully saturated rings. The lowest BCUT2D eigenvalue weighted by Gasteiger charge is -2.39. The van der Waals surface area contributed by atoms with Crippen LogP contribution in [0.15, 0.2) is 0 Å². The average molecular weight is 269 g/mol. The van der Waals surface area contributed by atoms with E-state index in [4.69, 9.17) is 5.11 Å². The second kappa shape index (κ2) is 6.92. The van der Waals surface area contributed by atoms with Gasteiger partial charge in [-0.15, -0.1) is 0 Å². The number of carbonyl (C=O) groups is 2. The van der Waals surface area contributed by atoms with Gasteiger partial charge in [-0.3, -0.25) is 9.59 Å². The summed E-state index contributed by atoms with van der Waals surface area (Å²) in [5.41, 5.74) is -0.230. The van der Waals surface area contributed by atoms with Crippen molar-refractivity contribution in [3.8, 4) is 0 Å². The molecule has 0 aliphatic heterocycles. The molecule has 19 heavy (non-hydrogen) atoms. The van der Waals surface area contributed by atoms with Gasteiger partial charge in [-0.2, -0.15) is 0 Å². The SMILES string of the molecule is CC(C)N(CCCC(=O)O)C(=O)C1(C)CCCCC1. The van der Waals surface area contributed by atoms with Gasteiger partial charge in [-0.25, -0.2) is 0 Å². The Morgan fingerprint density at radius 1 is 1.21 bits per heavy atom. The normalized spacial score (nSPS) is 18.3. The van der Waals surface area contributed by atoms with Crippen molar-refractivity contribution >= 4 is 11.9 Å². The lowest BCUT2D eigenvalue weighted by Crippen LogP contribution is -2.47. The average Bonchev–Trinajstić information content (AvgIpc) is 2.34. The highest BCUT2D eigenvalue weighted by molar-refractivity contribution is 5.82. The molecule has 0 atom stereocenters. The van der Waals surface area contributed by atoms with Gasteiger partial charge >= 0.3 is 5.97 Å². The van der Waals surface area contributed by atoms with Crippen LogP contribution in [0.4, 0.5) is 0 Å². The van der Waals surface area contributed by atoms with Crippen LogP contribution < -0.4 is 0 Å². The Hall–Kier alpha value is -1.06. The minimum absolute atomic E-state index is 0.132. The first-order valence-electron chi connectivity index (χ1n) is 7.40. The molecule has 1 saturated carbocycles. The second-order valence-electron chi connectivity index (χ2n) is 6.21. The standard InChI is InChI=1S/C15H27NO3/c1-12(2)16(11-7-8-13(17)18)14(19)15(3)9-5-4-6-10-15/h12H,4-11H2,1-3H3,(H,17,18). The van der Waals surface area contributed by atoms with Gasteiger partial charge in [0.2, 0.25) is 5.91 Å². The van der Waals surface area contributed by atoms with E-state index >= 15 is 0 Å². The first kappa shape index (κ1) is 16.0. The Morgan fingerprint density at radius 3 is 2.26 bits per heavy atom. The Bertz CT molecular complexity index is 319. The zero-order valence-electron chi connectivity index (χ0n) is 12.4. The van der Waals surface area contributed by atoms with Gasteiger partial charge in [0.1, 0.15) is 0 Å². The first-order chi connectivity index (χ1) is 8.87. The molecule has 0 bridgehead atoms. The molecule has 0 aromatic carbocycles. The quantitative estimate of drug-likeness (QED) is 0.806. The fourth-order valence-electron chi connectivity index (χ4n) is 2.89. The Balaban J connectivity index is 2.63. The van der Waals surface area contributed by atoms with Crippen molar-refractivity contribution < 1.29 is 14.7 Å². The lowest BCUT2D eigenvalue weighted by atomic mass is 9.74. The highest BCUT2D eigenvalue weighted by atomic mass is 16.4. The largest absolute Gasteiger partial charge is 0.481 e. The molecular weight excluding hydrogens is 242 g/mol. The number of hydrogen-bond acceptors (Lipinski definition) is 2. The van der Waals surface area contributed by atoms with Crippen LogP contribution in [0.25, 0.3) is 0 Å². The second-order valence-corrected chi connectivity index (χ2v) is 6.21. The molecule has 1 aliphatic carbocycles. The predicted molar refractivity (Wildman–Crippen MR) is 74.9 cm³/mol. The van der Waals surface area contributed by atoms with Crippen molar-refractivity contribution in [2.75, 3.05) is 6.54 Å². The topological polar surface area (TPSA) is 57.6 Å². The third-order valence-electron chi connectivity index (χ3n) is 4.15. The van der Waals surface area contributed by atoms with Crippen LogP contribution >= 0.6 is 0 Å². The summed E-state index contributed by atoms with van der Waals surface area (Å²) in [6.07, 6.45) is 6.08. The molecule has 4 nitrogen and oxygen atoms in total. The lowest BCUT2D eigenvalue weighted by molar-refractivity contribution is -0.146. The Labute approximate surface area is 116 Å². The molecule has 0 aromatic heterocycles. The van der Waals surface area contributed by atoms with Crippen LogP contribution in [0, 0.1) is 5.41 Å². The van der Waals surface area contributed by atoms with Crippen LogP contribution in [0.2, 0.25) is 0 Å². The van der Waals surface area contributed by atoms with E-state index in [1.165, 1.54) is 6.42 Å². The van der Waals surface area contributed by atoms with Crippen LogP contribution in [0.3, 0.4) is 0 Å². The summed E-state index contributed by atoms with van der Waals surface area (Å²) in [6.45, 7) is 6.63. The number of nitrogens with zero attached hydrogens (tertiary/aromatic N) is 1. The Morgan fingerprint density at radius 2 is 1.79 bits per heavy atom. The molecule has 0 heterocycles. The van der Waals surface area contributed by atoms with Crippen LogP contribution in [-0.2, 0) is 9.59 Å². The minimum atomic E-state index is -0.792. The van der Waals surface area contributed by atoms with Gasteiger partial charge in [0.15, 0.2) is 0 Å². The van der Waals surface area contributed by atoms with Gasteiger partial charge in [0.05, 0.1) is 0 Å². The molecule has 0 saturated heterocycles. The van der Waals surface area contributed by atoms with Gasteiger partial charge < -0.3 is 10.0 Å². The third kappa shape index (κ3) is 4.51. The van der Waals surface area contributed by atoms with E-state index in [0.29, 0.717) is 13.0 Å². The minimum Gasteiger partial charge on any atom is -0.481 e. The summed E-state index contributed by atoms with van der Waals surface area (Å²) in [4.78, 5) is 25.2. The van der Waals surface area contributed by atoms with Crippen molar-refractivity contribution in [3.05, 3.63) is 0 Å². The van der Waals surface area contributed by atoms with Crippen LogP contribution in [-0.4, -0.2) is 34.5 Å². The van der Waals surface area contributed by atoms with Crippen molar-refractivity contribution in [1.82, 2.24) is 4.90 Å². The van der Waals surface area contributed by atoms with Gasteiger partial charge in [-0.05, 0) is 33.1 Å².